The van der Waals surface area contributed by atoms with Crippen molar-refractivity contribution in [2.24, 2.45) is 0 Å². The van der Waals surface area contributed by atoms with Crippen molar-refractivity contribution in [1.82, 2.24) is 9.80 Å². The molecule has 1 fully saturated rings. The van der Waals surface area contributed by atoms with Gasteiger partial charge in [0.2, 0.25) is 0 Å². The highest BCUT2D eigenvalue weighted by molar-refractivity contribution is 5.38. The number of ether oxygens (including phenoxy) is 1. The molecule has 0 bridgehead atoms. The summed E-state index contributed by atoms with van der Waals surface area (Å²) in [6.45, 7) is 11.6. The van der Waals surface area contributed by atoms with Crippen LogP contribution in [0, 0.1) is 0 Å². The number of aliphatic hydroxyl groups is 1. The monoisotopic (exact) mass is 292 g/mol. The molecule has 0 saturated carbocycles. The standard InChI is InChI=1S/C17H28N2O2/c1-5-19-9-8-18(11-13(19)2)12-16-10-15(14(3)20)6-7-17(16)21-4/h6-7,10,13-14,20H,5,8-9,11-12H2,1-4H3. The van der Waals surface area contributed by atoms with Crippen LogP contribution in [0.15, 0.2) is 18.2 Å². The van der Waals surface area contributed by atoms with Crippen LogP contribution < -0.4 is 4.74 Å². The average molecular weight is 292 g/mol. The minimum absolute atomic E-state index is 0.439. The lowest BCUT2D eigenvalue weighted by Crippen LogP contribution is -2.51. The molecule has 2 unspecified atom stereocenters. The number of piperazine rings is 1. The van der Waals surface area contributed by atoms with E-state index in [-0.39, 0.29) is 0 Å². The second-order valence-electron chi connectivity index (χ2n) is 5.96. The van der Waals surface area contributed by atoms with Gasteiger partial charge in [-0.15, -0.1) is 0 Å². The Hall–Kier alpha value is -1.10. The molecule has 0 aliphatic carbocycles. The molecule has 4 nitrogen and oxygen atoms in total. The Balaban J connectivity index is 2.10. The fourth-order valence-corrected chi connectivity index (χ4v) is 3.11. The molecule has 1 aromatic rings. The van der Waals surface area contributed by atoms with E-state index in [0.29, 0.717) is 6.04 Å². The third-order valence-electron chi connectivity index (χ3n) is 4.44. The summed E-state index contributed by atoms with van der Waals surface area (Å²) in [5.74, 6) is 0.907. The largest absolute Gasteiger partial charge is 0.496 e. The first-order chi connectivity index (χ1) is 10.0. The predicted molar refractivity (Wildman–Crippen MR) is 85.6 cm³/mol. The second-order valence-corrected chi connectivity index (χ2v) is 5.96. The smallest absolute Gasteiger partial charge is 0.123 e. The number of aliphatic hydroxyl groups excluding tert-OH is 1. The van der Waals surface area contributed by atoms with Crippen LogP contribution in [0.3, 0.4) is 0 Å². The second kappa shape index (κ2) is 7.25. The average Bonchev–Trinajstić information content (AvgIpc) is 2.47. The van der Waals surface area contributed by atoms with Crippen molar-refractivity contribution in [2.45, 2.75) is 39.5 Å². The minimum Gasteiger partial charge on any atom is -0.496 e. The highest BCUT2D eigenvalue weighted by Crippen LogP contribution is 2.25. The van der Waals surface area contributed by atoms with Gasteiger partial charge in [0.25, 0.3) is 0 Å². The van der Waals surface area contributed by atoms with Gasteiger partial charge >= 0.3 is 0 Å². The number of hydrogen-bond donors (Lipinski definition) is 1. The molecule has 1 saturated heterocycles. The number of likely N-dealkylation sites (N-methyl/N-ethyl adjacent to an activating group) is 1. The third-order valence-corrected chi connectivity index (χ3v) is 4.44. The van der Waals surface area contributed by atoms with Crippen LogP contribution in [0.5, 0.6) is 5.75 Å². The summed E-state index contributed by atoms with van der Waals surface area (Å²) in [4.78, 5) is 4.99. The summed E-state index contributed by atoms with van der Waals surface area (Å²) in [5, 5.41) is 9.77. The Morgan fingerprint density at radius 1 is 1.38 bits per heavy atom. The van der Waals surface area contributed by atoms with Crippen LogP contribution in [0.1, 0.15) is 38.0 Å². The topological polar surface area (TPSA) is 35.9 Å². The van der Waals surface area contributed by atoms with Crippen molar-refractivity contribution in [1.29, 1.82) is 0 Å². The van der Waals surface area contributed by atoms with E-state index in [9.17, 15) is 5.11 Å². The molecular formula is C17H28N2O2. The van der Waals surface area contributed by atoms with Gasteiger partial charge in [-0.05, 0) is 38.1 Å². The van der Waals surface area contributed by atoms with Crippen molar-refractivity contribution < 1.29 is 9.84 Å². The SMILES string of the molecule is CCN1CCN(Cc2cc(C(C)O)ccc2OC)CC1C. The number of hydrogen-bond acceptors (Lipinski definition) is 4. The van der Waals surface area contributed by atoms with Crippen LogP contribution >= 0.6 is 0 Å². The van der Waals surface area contributed by atoms with Gasteiger partial charge in [-0.2, -0.15) is 0 Å². The van der Waals surface area contributed by atoms with E-state index in [1.165, 1.54) is 0 Å². The van der Waals surface area contributed by atoms with E-state index in [2.05, 4.69) is 29.7 Å². The Bertz CT molecular complexity index is 462. The zero-order valence-electron chi connectivity index (χ0n) is 13.7. The van der Waals surface area contributed by atoms with Gasteiger partial charge in [0.15, 0.2) is 0 Å². The molecule has 21 heavy (non-hydrogen) atoms. The van der Waals surface area contributed by atoms with Gasteiger partial charge in [0.1, 0.15) is 5.75 Å². The fourth-order valence-electron chi connectivity index (χ4n) is 3.11. The lowest BCUT2D eigenvalue weighted by atomic mass is 10.0. The van der Waals surface area contributed by atoms with Gasteiger partial charge in [-0.25, -0.2) is 0 Å². The molecular weight excluding hydrogens is 264 g/mol. The fraction of sp³-hybridized carbons (Fsp3) is 0.647. The van der Waals surface area contributed by atoms with E-state index < -0.39 is 6.10 Å². The zero-order chi connectivity index (χ0) is 15.4. The van der Waals surface area contributed by atoms with Crippen molar-refractivity contribution in [3.8, 4) is 5.75 Å². The number of rotatable bonds is 5. The van der Waals surface area contributed by atoms with Crippen molar-refractivity contribution in [3.05, 3.63) is 29.3 Å². The van der Waals surface area contributed by atoms with Gasteiger partial charge in [0, 0.05) is 37.8 Å². The molecule has 0 radical (unpaired) electrons. The summed E-state index contributed by atoms with van der Waals surface area (Å²) < 4.78 is 5.47. The maximum atomic E-state index is 9.77. The lowest BCUT2D eigenvalue weighted by molar-refractivity contribution is 0.0828. The highest BCUT2D eigenvalue weighted by Gasteiger charge is 2.23. The van der Waals surface area contributed by atoms with Crippen LogP contribution in [0.4, 0.5) is 0 Å². The first kappa shape index (κ1) is 16.3. The zero-order valence-corrected chi connectivity index (χ0v) is 13.7. The first-order valence-corrected chi connectivity index (χ1v) is 7.86. The quantitative estimate of drug-likeness (QED) is 0.903. The highest BCUT2D eigenvalue weighted by atomic mass is 16.5. The molecule has 2 rings (SSSR count). The normalized spacial score (nSPS) is 22.2. The van der Waals surface area contributed by atoms with Crippen molar-refractivity contribution in [3.63, 3.8) is 0 Å². The number of nitrogens with zero attached hydrogens (tertiary/aromatic N) is 2. The molecule has 0 amide bonds. The predicted octanol–water partition coefficient (Wildman–Crippen LogP) is 2.27. The van der Waals surface area contributed by atoms with E-state index >= 15 is 0 Å². The minimum atomic E-state index is -0.439. The van der Waals surface area contributed by atoms with Crippen LogP contribution in [-0.2, 0) is 6.54 Å². The van der Waals surface area contributed by atoms with Crippen LogP contribution in [0.2, 0.25) is 0 Å². The van der Waals surface area contributed by atoms with Crippen LogP contribution in [0.25, 0.3) is 0 Å². The number of benzene rings is 1. The molecule has 0 spiro atoms. The van der Waals surface area contributed by atoms with Crippen molar-refractivity contribution >= 4 is 0 Å². The summed E-state index contributed by atoms with van der Waals surface area (Å²) >= 11 is 0. The molecule has 4 heteroatoms. The molecule has 0 aromatic heterocycles. The summed E-state index contributed by atoms with van der Waals surface area (Å²) in [5.41, 5.74) is 2.11. The Morgan fingerprint density at radius 2 is 2.14 bits per heavy atom. The van der Waals surface area contributed by atoms with E-state index in [4.69, 9.17) is 4.74 Å². The third kappa shape index (κ3) is 3.96. The maximum absolute atomic E-state index is 9.77. The van der Waals surface area contributed by atoms with Gasteiger partial charge < -0.3 is 9.84 Å². The summed E-state index contributed by atoms with van der Waals surface area (Å²) in [7, 11) is 1.71. The van der Waals surface area contributed by atoms with Gasteiger partial charge in [-0.1, -0.05) is 13.0 Å². The molecule has 1 N–H and O–H groups in total. The molecule has 1 aromatic carbocycles. The molecule has 1 aliphatic rings. The first-order valence-electron chi connectivity index (χ1n) is 7.86. The Kier molecular flexibility index (Phi) is 5.62. The van der Waals surface area contributed by atoms with Crippen LogP contribution in [-0.4, -0.2) is 54.2 Å². The Morgan fingerprint density at radius 3 is 2.71 bits per heavy atom. The Labute approximate surface area is 128 Å². The molecule has 1 heterocycles. The molecule has 1 aliphatic heterocycles. The maximum Gasteiger partial charge on any atom is 0.123 e. The van der Waals surface area contributed by atoms with E-state index in [1.807, 2.05) is 12.1 Å². The van der Waals surface area contributed by atoms with Gasteiger partial charge in [0.05, 0.1) is 13.2 Å². The van der Waals surface area contributed by atoms with E-state index in [1.54, 1.807) is 14.0 Å². The summed E-state index contributed by atoms with van der Waals surface area (Å²) in [6.07, 6.45) is -0.439. The molecule has 2 atom stereocenters. The van der Waals surface area contributed by atoms with E-state index in [0.717, 1.165) is 49.6 Å². The molecule has 118 valence electrons. The van der Waals surface area contributed by atoms with Gasteiger partial charge in [-0.3, -0.25) is 9.80 Å². The lowest BCUT2D eigenvalue weighted by Gasteiger charge is -2.39. The summed E-state index contributed by atoms with van der Waals surface area (Å²) in [6, 6.07) is 6.56. The van der Waals surface area contributed by atoms with Crippen molar-refractivity contribution in [2.75, 3.05) is 33.3 Å². The number of methoxy groups -OCH3 is 1.